The van der Waals surface area contributed by atoms with Gasteiger partial charge in [-0.25, -0.2) is 4.79 Å². The molecule has 1 aliphatic rings. The molecule has 0 saturated heterocycles. The van der Waals surface area contributed by atoms with Crippen LogP contribution in [0.4, 0.5) is 5.69 Å². The summed E-state index contributed by atoms with van der Waals surface area (Å²) in [6.07, 6.45) is 5.65. The first-order valence-electron chi connectivity index (χ1n) is 6.87. The quantitative estimate of drug-likeness (QED) is 0.670. The van der Waals surface area contributed by atoms with Gasteiger partial charge in [0.1, 0.15) is 6.10 Å². The normalized spacial score (nSPS) is 23.1. The average Bonchev–Trinajstić information content (AvgIpc) is 2.42. The summed E-state index contributed by atoms with van der Waals surface area (Å²) in [4.78, 5) is 12.2. The van der Waals surface area contributed by atoms with Crippen LogP contribution in [0.3, 0.4) is 0 Å². The smallest absolute Gasteiger partial charge is 0.339 e. The van der Waals surface area contributed by atoms with E-state index >= 15 is 0 Å². The number of nitrogen functional groups attached to an aromatic ring is 1. The Morgan fingerprint density at radius 3 is 2.89 bits per heavy atom. The molecule has 19 heavy (non-hydrogen) atoms. The maximum absolute atomic E-state index is 12.2. The highest BCUT2D eigenvalue weighted by Crippen LogP contribution is 2.30. The number of rotatable bonds is 3. The van der Waals surface area contributed by atoms with Gasteiger partial charge in [-0.1, -0.05) is 13.3 Å². The van der Waals surface area contributed by atoms with Gasteiger partial charge in [0.25, 0.3) is 0 Å². The van der Waals surface area contributed by atoms with E-state index in [4.69, 9.17) is 10.5 Å². The molecule has 3 nitrogen and oxygen atoms in total. The molecule has 2 rings (SSSR count). The predicted molar refractivity (Wildman–Crippen MR) is 80.0 cm³/mol. The van der Waals surface area contributed by atoms with Gasteiger partial charge in [0.05, 0.1) is 5.56 Å². The summed E-state index contributed by atoms with van der Waals surface area (Å²) >= 11 is 3.37. The van der Waals surface area contributed by atoms with E-state index in [0.29, 0.717) is 17.2 Å². The second-order valence-corrected chi connectivity index (χ2v) is 5.99. The third kappa shape index (κ3) is 3.50. The molecule has 2 atom stereocenters. The number of anilines is 1. The van der Waals surface area contributed by atoms with Gasteiger partial charge in [-0.3, -0.25) is 0 Å². The van der Waals surface area contributed by atoms with Crippen molar-refractivity contribution in [2.45, 2.75) is 45.1 Å². The van der Waals surface area contributed by atoms with Gasteiger partial charge in [0, 0.05) is 10.2 Å². The summed E-state index contributed by atoms with van der Waals surface area (Å²) in [5, 5.41) is 0. The number of nitrogens with two attached hydrogens (primary N) is 1. The van der Waals surface area contributed by atoms with Crippen LogP contribution in [0.2, 0.25) is 0 Å². The van der Waals surface area contributed by atoms with E-state index in [2.05, 4.69) is 22.9 Å². The van der Waals surface area contributed by atoms with Crippen LogP contribution in [0.15, 0.2) is 22.7 Å². The SMILES string of the molecule is CCC1CCCCC1OC(=O)c1cc(N)ccc1Br. The van der Waals surface area contributed by atoms with Crippen molar-refractivity contribution in [3.8, 4) is 0 Å². The fourth-order valence-electron chi connectivity index (χ4n) is 2.70. The average molecular weight is 326 g/mol. The zero-order chi connectivity index (χ0) is 13.8. The van der Waals surface area contributed by atoms with Crippen LogP contribution in [0.1, 0.15) is 49.4 Å². The van der Waals surface area contributed by atoms with Crippen LogP contribution in [0.5, 0.6) is 0 Å². The molecule has 1 aromatic rings. The molecule has 1 aliphatic carbocycles. The molecular formula is C15H20BrNO2. The molecule has 4 heteroatoms. The van der Waals surface area contributed by atoms with Crippen molar-refractivity contribution in [1.29, 1.82) is 0 Å². The number of benzene rings is 1. The van der Waals surface area contributed by atoms with Crippen molar-refractivity contribution in [3.63, 3.8) is 0 Å². The zero-order valence-electron chi connectivity index (χ0n) is 11.2. The van der Waals surface area contributed by atoms with Crippen LogP contribution in [-0.2, 0) is 4.74 Å². The van der Waals surface area contributed by atoms with Crippen molar-refractivity contribution in [3.05, 3.63) is 28.2 Å². The molecule has 1 saturated carbocycles. The Bertz CT molecular complexity index is 461. The monoisotopic (exact) mass is 325 g/mol. The van der Waals surface area contributed by atoms with Gasteiger partial charge in [0.15, 0.2) is 0 Å². The maximum atomic E-state index is 12.2. The number of hydrogen-bond donors (Lipinski definition) is 1. The molecule has 0 aliphatic heterocycles. The number of esters is 1. The minimum absolute atomic E-state index is 0.0552. The second kappa shape index (κ2) is 6.42. The number of carbonyl (C=O) groups is 1. The van der Waals surface area contributed by atoms with Crippen molar-refractivity contribution >= 4 is 27.6 Å². The third-order valence-electron chi connectivity index (χ3n) is 3.83. The summed E-state index contributed by atoms with van der Waals surface area (Å²) in [6.45, 7) is 2.16. The molecule has 0 aromatic heterocycles. The Labute approximate surface area is 122 Å². The summed E-state index contributed by atoms with van der Waals surface area (Å²) in [5.74, 6) is 0.224. The maximum Gasteiger partial charge on any atom is 0.339 e. The minimum atomic E-state index is -0.274. The van der Waals surface area contributed by atoms with Gasteiger partial charge in [-0.05, 0) is 65.7 Å². The van der Waals surface area contributed by atoms with Crippen LogP contribution < -0.4 is 5.73 Å². The van der Waals surface area contributed by atoms with E-state index in [1.54, 1.807) is 18.2 Å². The van der Waals surface area contributed by atoms with Crippen molar-refractivity contribution < 1.29 is 9.53 Å². The van der Waals surface area contributed by atoms with E-state index in [1.807, 2.05) is 0 Å². The first-order chi connectivity index (χ1) is 9.11. The van der Waals surface area contributed by atoms with Crippen molar-refractivity contribution in [1.82, 2.24) is 0 Å². The highest BCUT2D eigenvalue weighted by molar-refractivity contribution is 9.10. The van der Waals surface area contributed by atoms with Gasteiger partial charge in [-0.2, -0.15) is 0 Å². The van der Waals surface area contributed by atoms with E-state index in [1.165, 1.54) is 6.42 Å². The molecule has 0 spiro atoms. The number of ether oxygens (including phenoxy) is 1. The highest BCUT2D eigenvalue weighted by atomic mass is 79.9. The Morgan fingerprint density at radius 2 is 2.16 bits per heavy atom. The lowest BCUT2D eigenvalue weighted by Crippen LogP contribution is -2.29. The standard InChI is InChI=1S/C15H20BrNO2/c1-2-10-5-3-4-6-14(10)19-15(18)12-9-11(17)7-8-13(12)16/h7-10,14H,2-6,17H2,1H3. The molecular weight excluding hydrogens is 306 g/mol. The first-order valence-corrected chi connectivity index (χ1v) is 7.67. The molecule has 0 heterocycles. The van der Waals surface area contributed by atoms with Crippen LogP contribution in [0, 0.1) is 5.92 Å². The fraction of sp³-hybridized carbons (Fsp3) is 0.533. The fourth-order valence-corrected chi connectivity index (χ4v) is 3.10. The first kappa shape index (κ1) is 14.4. The van der Waals surface area contributed by atoms with Crippen molar-refractivity contribution in [2.24, 2.45) is 5.92 Å². The van der Waals surface area contributed by atoms with E-state index in [0.717, 1.165) is 30.2 Å². The summed E-state index contributed by atoms with van der Waals surface area (Å²) in [5.41, 5.74) is 6.81. The highest BCUT2D eigenvalue weighted by Gasteiger charge is 2.27. The molecule has 1 fully saturated rings. The van der Waals surface area contributed by atoms with E-state index in [-0.39, 0.29) is 12.1 Å². The molecule has 2 N–H and O–H groups in total. The van der Waals surface area contributed by atoms with Gasteiger partial charge in [-0.15, -0.1) is 0 Å². The molecule has 0 radical (unpaired) electrons. The molecule has 1 aromatic carbocycles. The van der Waals surface area contributed by atoms with Gasteiger partial charge in [0.2, 0.25) is 0 Å². The Morgan fingerprint density at radius 1 is 1.42 bits per heavy atom. The van der Waals surface area contributed by atoms with E-state index < -0.39 is 0 Å². The summed E-state index contributed by atoms with van der Waals surface area (Å²) in [6, 6.07) is 5.20. The topological polar surface area (TPSA) is 52.3 Å². The van der Waals surface area contributed by atoms with Crippen molar-refractivity contribution in [2.75, 3.05) is 5.73 Å². The molecule has 104 valence electrons. The number of hydrogen-bond acceptors (Lipinski definition) is 3. The summed E-state index contributed by atoms with van der Waals surface area (Å²) < 4.78 is 6.42. The van der Waals surface area contributed by atoms with Crippen LogP contribution in [-0.4, -0.2) is 12.1 Å². The van der Waals surface area contributed by atoms with Crippen LogP contribution >= 0.6 is 15.9 Å². The van der Waals surface area contributed by atoms with Gasteiger partial charge < -0.3 is 10.5 Å². The lowest BCUT2D eigenvalue weighted by atomic mass is 9.85. The number of halogens is 1. The van der Waals surface area contributed by atoms with Crippen LogP contribution in [0.25, 0.3) is 0 Å². The predicted octanol–water partition coefficient (Wildman–Crippen LogP) is 4.16. The largest absolute Gasteiger partial charge is 0.458 e. The molecule has 2 unspecified atom stereocenters. The Balaban J connectivity index is 2.09. The molecule has 0 amide bonds. The van der Waals surface area contributed by atoms with E-state index in [9.17, 15) is 4.79 Å². The second-order valence-electron chi connectivity index (χ2n) is 5.14. The molecule has 0 bridgehead atoms. The lowest BCUT2D eigenvalue weighted by Gasteiger charge is -2.30. The lowest BCUT2D eigenvalue weighted by molar-refractivity contribution is 0.000621. The third-order valence-corrected chi connectivity index (χ3v) is 4.52. The minimum Gasteiger partial charge on any atom is -0.458 e. The zero-order valence-corrected chi connectivity index (χ0v) is 12.8. The number of carbonyl (C=O) groups excluding carboxylic acids is 1. The Hall–Kier alpha value is -1.03. The van der Waals surface area contributed by atoms with Gasteiger partial charge >= 0.3 is 5.97 Å². The summed E-state index contributed by atoms with van der Waals surface area (Å²) in [7, 11) is 0. The Kier molecular flexibility index (Phi) is 4.86.